The van der Waals surface area contributed by atoms with E-state index in [1.54, 1.807) is 24.3 Å². The molecule has 1 N–H and O–H groups in total. The Kier molecular flexibility index (Phi) is 3.77. The molecule has 0 amide bonds. The fraction of sp³-hybridized carbons (Fsp3) is 0. The molecule has 6 heteroatoms. The van der Waals surface area contributed by atoms with E-state index in [-0.39, 0.29) is 5.56 Å². The minimum Gasteiger partial charge on any atom is -0.478 e. The van der Waals surface area contributed by atoms with Gasteiger partial charge in [0.15, 0.2) is 0 Å². The molecule has 0 aliphatic rings. The van der Waals surface area contributed by atoms with Crippen molar-refractivity contribution >= 4 is 50.8 Å². The molecule has 6 nitrogen and oxygen atoms in total. The summed E-state index contributed by atoms with van der Waals surface area (Å²) in [7, 11) is 0. The van der Waals surface area contributed by atoms with E-state index in [9.17, 15) is 14.7 Å². The van der Waals surface area contributed by atoms with Crippen LogP contribution in [0.25, 0.3) is 32.9 Å². The van der Waals surface area contributed by atoms with Gasteiger partial charge >= 0.3 is 11.6 Å². The van der Waals surface area contributed by atoms with Gasteiger partial charge in [-0.25, -0.2) is 9.59 Å². The summed E-state index contributed by atoms with van der Waals surface area (Å²) in [5, 5.41) is 11.9. The van der Waals surface area contributed by atoms with Crippen molar-refractivity contribution < 1.29 is 18.7 Å². The van der Waals surface area contributed by atoms with Crippen molar-refractivity contribution in [2.45, 2.75) is 0 Å². The van der Waals surface area contributed by atoms with E-state index in [0.29, 0.717) is 27.8 Å². The van der Waals surface area contributed by atoms with Gasteiger partial charge in [-0.2, -0.15) is 0 Å². The Morgan fingerprint density at radius 1 is 0.828 bits per heavy atom. The number of hydrogen-bond acceptors (Lipinski definition) is 5. The highest BCUT2D eigenvalue weighted by molar-refractivity contribution is 6.11. The van der Waals surface area contributed by atoms with Crippen molar-refractivity contribution in [1.29, 1.82) is 0 Å². The van der Waals surface area contributed by atoms with Crippen molar-refractivity contribution in [3.8, 4) is 0 Å². The Morgan fingerprint density at radius 3 is 2.45 bits per heavy atom. The molecule has 5 rings (SSSR count). The molecule has 0 saturated carbocycles. The van der Waals surface area contributed by atoms with Gasteiger partial charge in [0.25, 0.3) is 0 Å². The molecule has 0 radical (unpaired) electrons. The Hall–Kier alpha value is -4.19. The second-order valence-electron chi connectivity index (χ2n) is 6.54. The molecule has 0 aliphatic carbocycles. The van der Waals surface area contributed by atoms with Crippen molar-refractivity contribution in [3.63, 3.8) is 0 Å². The Labute approximate surface area is 163 Å². The average Bonchev–Trinajstić information content (AvgIpc) is 3.08. The van der Waals surface area contributed by atoms with Crippen molar-refractivity contribution in [1.82, 2.24) is 0 Å². The van der Waals surface area contributed by atoms with E-state index in [2.05, 4.69) is 4.99 Å². The van der Waals surface area contributed by atoms with Crippen LogP contribution in [0.5, 0.6) is 0 Å². The number of aromatic carboxylic acids is 1. The van der Waals surface area contributed by atoms with Crippen LogP contribution in [-0.4, -0.2) is 17.3 Å². The maximum atomic E-state index is 12.0. The number of hydrogen-bond donors (Lipinski definition) is 1. The fourth-order valence-corrected chi connectivity index (χ4v) is 3.42. The normalized spacial score (nSPS) is 11.7. The van der Waals surface area contributed by atoms with Crippen LogP contribution < -0.4 is 5.63 Å². The first-order valence-electron chi connectivity index (χ1n) is 8.86. The summed E-state index contributed by atoms with van der Waals surface area (Å²) in [6, 6.07) is 19.0. The van der Waals surface area contributed by atoms with E-state index in [1.807, 2.05) is 30.3 Å². The molecule has 0 fully saturated rings. The summed E-state index contributed by atoms with van der Waals surface area (Å²) in [6.07, 6.45) is 1.48. The number of carbonyl (C=O) groups is 1. The van der Waals surface area contributed by atoms with E-state index in [1.165, 1.54) is 18.3 Å². The van der Waals surface area contributed by atoms with Crippen LogP contribution in [0.4, 0.5) is 5.69 Å². The number of nitrogens with zero attached hydrogens (tertiary/aromatic N) is 1. The molecule has 0 unspecified atom stereocenters. The third kappa shape index (κ3) is 2.87. The topological polar surface area (TPSA) is 93.0 Å². The predicted molar refractivity (Wildman–Crippen MR) is 110 cm³/mol. The second-order valence-corrected chi connectivity index (χ2v) is 6.54. The lowest BCUT2D eigenvalue weighted by molar-refractivity contribution is 0.0698. The van der Waals surface area contributed by atoms with Crippen LogP contribution in [0.1, 0.15) is 15.9 Å². The highest BCUT2D eigenvalue weighted by Crippen LogP contribution is 2.32. The van der Waals surface area contributed by atoms with Gasteiger partial charge in [-0.15, -0.1) is 0 Å². The lowest BCUT2D eigenvalue weighted by Gasteiger charge is -2.02. The van der Waals surface area contributed by atoms with Gasteiger partial charge in [-0.1, -0.05) is 30.3 Å². The highest BCUT2D eigenvalue weighted by atomic mass is 16.4. The molecule has 0 aliphatic heterocycles. The summed E-state index contributed by atoms with van der Waals surface area (Å²) in [5.41, 5.74) is 2.12. The first-order chi connectivity index (χ1) is 14.1. The van der Waals surface area contributed by atoms with E-state index in [0.717, 1.165) is 16.4 Å². The van der Waals surface area contributed by atoms with Crippen LogP contribution in [0.3, 0.4) is 0 Å². The monoisotopic (exact) mass is 383 g/mol. The molecular formula is C23H13NO5. The van der Waals surface area contributed by atoms with Gasteiger partial charge in [0.1, 0.15) is 16.7 Å². The summed E-state index contributed by atoms with van der Waals surface area (Å²) < 4.78 is 11.2. The van der Waals surface area contributed by atoms with Crippen molar-refractivity contribution in [2.24, 2.45) is 4.99 Å². The third-order valence-electron chi connectivity index (χ3n) is 4.75. The number of benzene rings is 3. The molecule has 2 aromatic heterocycles. The fourth-order valence-electron chi connectivity index (χ4n) is 3.42. The zero-order valence-electron chi connectivity index (χ0n) is 15.0. The summed E-state index contributed by atoms with van der Waals surface area (Å²) in [6.45, 7) is 0. The number of aliphatic imine (C=N–C) groups is 1. The number of rotatable bonds is 3. The van der Waals surface area contributed by atoms with Crippen molar-refractivity contribution in [2.75, 3.05) is 0 Å². The molecule has 3 aromatic carbocycles. The van der Waals surface area contributed by atoms with Crippen LogP contribution in [-0.2, 0) is 0 Å². The minimum absolute atomic E-state index is 0.0826. The van der Waals surface area contributed by atoms with Crippen LogP contribution in [0.15, 0.2) is 85.4 Å². The van der Waals surface area contributed by atoms with Crippen LogP contribution >= 0.6 is 0 Å². The number of carboxylic acid groups (broad SMARTS) is 1. The number of carboxylic acids is 1. The summed E-state index contributed by atoms with van der Waals surface area (Å²) in [4.78, 5) is 27.7. The van der Waals surface area contributed by atoms with Gasteiger partial charge in [0.2, 0.25) is 0 Å². The number of para-hydroxylation sites is 2. The SMILES string of the molecule is O=C(O)c1ccccc1N=Cc1cc(=O)oc2cc3oc4ccccc4c3cc12. The molecule has 0 atom stereocenters. The molecule has 0 bridgehead atoms. The second kappa shape index (κ2) is 6.45. The van der Waals surface area contributed by atoms with E-state index < -0.39 is 11.6 Å². The number of fused-ring (bicyclic) bond motifs is 4. The van der Waals surface area contributed by atoms with Crippen LogP contribution in [0.2, 0.25) is 0 Å². The quantitative estimate of drug-likeness (QED) is 0.344. The Bertz CT molecular complexity index is 1510. The highest BCUT2D eigenvalue weighted by Gasteiger charge is 2.12. The first-order valence-corrected chi connectivity index (χ1v) is 8.86. The third-order valence-corrected chi connectivity index (χ3v) is 4.75. The van der Waals surface area contributed by atoms with Gasteiger partial charge in [-0.3, -0.25) is 4.99 Å². The Balaban J connectivity index is 1.74. The van der Waals surface area contributed by atoms with Gasteiger partial charge in [-0.05, 0) is 24.3 Å². The van der Waals surface area contributed by atoms with Crippen LogP contribution in [0, 0.1) is 0 Å². The molecule has 2 heterocycles. The minimum atomic E-state index is -1.07. The zero-order valence-corrected chi connectivity index (χ0v) is 15.0. The van der Waals surface area contributed by atoms with Gasteiger partial charge in [0, 0.05) is 40.1 Å². The largest absolute Gasteiger partial charge is 0.478 e. The summed E-state index contributed by atoms with van der Waals surface area (Å²) in [5.74, 6) is -1.07. The zero-order chi connectivity index (χ0) is 20.0. The maximum Gasteiger partial charge on any atom is 0.337 e. The Morgan fingerprint density at radius 2 is 1.59 bits per heavy atom. The predicted octanol–water partition coefficient (Wildman–Crippen LogP) is 5.14. The molecule has 29 heavy (non-hydrogen) atoms. The average molecular weight is 383 g/mol. The summed E-state index contributed by atoms with van der Waals surface area (Å²) >= 11 is 0. The lowest BCUT2D eigenvalue weighted by Crippen LogP contribution is -2.00. The number of furan rings is 1. The first kappa shape index (κ1) is 16.9. The molecular weight excluding hydrogens is 370 g/mol. The van der Waals surface area contributed by atoms with Gasteiger partial charge in [0.05, 0.1) is 11.3 Å². The lowest BCUT2D eigenvalue weighted by atomic mass is 10.1. The maximum absolute atomic E-state index is 12.0. The molecule has 0 spiro atoms. The van der Waals surface area contributed by atoms with Gasteiger partial charge < -0.3 is 13.9 Å². The van der Waals surface area contributed by atoms with E-state index >= 15 is 0 Å². The van der Waals surface area contributed by atoms with E-state index in [4.69, 9.17) is 8.83 Å². The molecule has 140 valence electrons. The molecule has 5 aromatic rings. The standard InChI is InChI=1S/C23H13NO5/c25-22-9-13(12-24-18-7-3-1-6-15(18)23(26)27)16-10-17-14-5-2-4-8-19(14)28-21(17)11-20(16)29-22/h1-12H,(H,26,27). The van der Waals surface area contributed by atoms with Crippen molar-refractivity contribution in [3.05, 3.63) is 88.3 Å². The molecule has 0 saturated heterocycles. The smallest absolute Gasteiger partial charge is 0.337 e.